The van der Waals surface area contributed by atoms with Crippen LogP contribution in [0.15, 0.2) is 60.3 Å². The number of pyridine rings is 1. The van der Waals surface area contributed by atoms with Gasteiger partial charge in [-0.15, -0.1) is 0 Å². The molecule has 3 aromatic rings. The Bertz CT molecular complexity index is 1170. The van der Waals surface area contributed by atoms with Crippen LogP contribution in [0, 0.1) is 26.6 Å². The highest BCUT2D eigenvalue weighted by Crippen LogP contribution is 2.36. The van der Waals surface area contributed by atoms with Crippen molar-refractivity contribution in [1.29, 1.82) is 0 Å². The normalized spacial score (nSPS) is 17.7. The van der Waals surface area contributed by atoms with E-state index in [1.165, 1.54) is 12.1 Å². The monoisotopic (exact) mass is 399 g/mol. The molecule has 1 aromatic heterocycles. The molecule has 0 amide bonds. The van der Waals surface area contributed by atoms with Gasteiger partial charge in [0.05, 0.1) is 5.69 Å². The van der Waals surface area contributed by atoms with E-state index in [9.17, 15) is 14.0 Å². The van der Waals surface area contributed by atoms with Crippen molar-refractivity contribution in [3.8, 4) is 11.1 Å². The zero-order valence-corrected chi connectivity index (χ0v) is 17.2. The van der Waals surface area contributed by atoms with E-state index in [2.05, 4.69) is 4.98 Å². The average molecular weight is 399 g/mol. The van der Waals surface area contributed by atoms with E-state index in [-0.39, 0.29) is 23.8 Å². The van der Waals surface area contributed by atoms with E-state index in [4.69, 9.17) is 0 Å². The van der Waals surface area contributed by atoms with E-state index in [0.717, 1.165) is 33.4 Å². The minimum atomic E-state index is -0.739. The quantitative estimate of drug-likeness (QED) is 0.430. The molecule has 0 radical (unpaired) electrons. The van der Waals surface area contributed by atoms with Gasteiger partial charge in [-0.25, -0.2) is 4.39 Å². The summed E-state index contributed by atoms with van der Waals surface area (Å²) in [6.45, 7) is 5.91. The van der Waals surface area contributed by atoms with Crippen molar-refractivity contribution in [3.63, 3.8) is 0 Å². The lowest BCUT2D eigenvalue weighted by molar-refractivity contribution is -0.123. The Morgan fingerprint density at radius 2 is 1.60 bits per heavy atom. The Kier molecular flexibility index (Phi) is 5.17. The molecule has 2 aromatic carbocycles. The van der Waals surface area contributed by atoms with Crippen molar-refractivity contribution in [2.75, 3.05) is 0 Å². The minimum Gasteiger partial charge on any atom is -0.298 e. The van der Waals surface area contributed by atoms with E-state index in [1.54, 1.807) is 24.4 Å². The number of nitrogens with zero attached hydrogens (tertiary/aromatic N) is 1. The van der Waals surface area contributed by atoms with Crippen LogP contribution in [0.4, 0.5) is 4.39 Å². The van der Waals surface area contributed by atoms with Crippen LogP contribution in [-0.4, -0.2) is 16.6 Å². The highest BCUT2D eigenvalue weighted by Gasteiger charge is 2.39. The summed E-state index contributed by atoms with van der Waals surface area (Å²) in [5.41, 5.74) is 6.69. The number of rotatable bonds is 3. The van der Waals surface area contributed by atoms with Gasteiger partial charge in [-0.3, -0.25) is 14.6 Å². The predicted octanol–water partition coefficient (Wildman–Crippen LogP) is 5.52. The van der Waals surface area contributed by atoms with Crippen LogP contribution in [0.2, 0.25) is 0 Å². The molecule has 1 heterocycles. The Labute approximate surface area is 175 Å². The summed E-state index contributed by atoms with van der Waals surface area (Å²) in [6, 6.07) is 13.9. The van der Waals surface area contributed by atoms with Crippen LogP contribution < -0.4 is 0 Å². The Hall–Kier alpha value is -3.40. The Balaban J connectivity index is 1.68. The molecule has 1 saturated carbocycles. The number of hydrogen-bond donors (Lipinski definition) is 0. The summed E-state index contributed by atoms with van der Waals surface area (Å²) in [5, 5.41) is 0. The van der Waals surface area contributed by atoms with Crippen molar-refractivity contribution >= 4 is 17.6 Å². The highest BCUT2D eigenvalue weighted by atomic mass is 19.1. The molecule has 150 valence electrons. The predicted molar refractivity (Wildman–Crippen MR) is 116 cm³/mol. The van der Waals surface area contributed by atoms with Gasteiger partial charge >= 0.3 is 0 Å². The summed E-state index contributed by atoms with van der Waals surface area (Å²) >= 11 is 0. The maximum atomic E-state index is 13.2. The van der Waals surface area contributed by atoms with Gasteiger partial charge in [-0.2, -0.15) is 0 Å². The molecule has 1 aliphatic rings. The number of aromatic nitrogens is 1. The molecule has 1 unspecified atom stereocenters. The number of hydrogen-bond acceptors (Lipinski definition) is 3. The molecule has 0 N–H and O–H groups in total. The van der Waals surface area contributed by atoms with Gasteiger partial charge < -0.3 is 0 Å². The molecule has 4 heteroatoms. The third-order valence-corrected chi connectivity index (χ3v) is 5.57. The maximum absolute atomic E-state index is 13.2. The number of benzene rings is 2. The summed E-state index contributed by atoms with van der Waals surface area (Å²) in [4.78, 5) is 30.3. The largest absolute Gasteiger partial charge is 0.298 e. The van der Waals surface area contributed by atoms with E-state index >= 15 is 0 Å². The van der Waals surface area contributed by atoms with Crippen molar-refractivity contribution in [1.82, 2.24) is 4.98 Å². The van der Waals surface area contributed by atoms with Crippen molar-refractivity contribution < 1.29 is 14.0 Å². The lowest BCUT2D eigenvalue weighted by Crippen LogP contribution is -2.15. The zero-order valence-electron chi connectivity index (χ0n) is 17.2. The molecule has 0 bridgehead atoms. The second kappa shape index (κ2) is 7.79. The standard InChI is InChI=1S/C26H22FNO2/c1-15-10-16(2)24(17(3)11-15)25-23(29)14-20(26(25)30)13-22-12-19(8-9-28-22)18-4-6-21(27)7-5-18/h4-13,25H,14H2,1-3H3. The van der Waals surface area contributed by atoms with E-state index in [0.29, 0.717) is 11.3 Å². The fraction of sp³-hybridized carbons (Fsp3) is 0.192. The second-order valence-electron chi connectivity index (χ2n) is 7.90. The average Bonchev–Trinajstić information content (AvgIpc) is 2.96. The molecule has 0 aliphatic heterocycles. The summed E-state index contributed by atoms with van der Waals surface area (Å²) in [7, 11) is 0. The minimum absolute atomic E-state index is 0.0732. The van der Waals surface area contributed by atoms with Crippen molar-refractivity contribution in [2.45, 2.75) is 33.1 Å². The SMILES string of the molecule is Cc1cc(C)c(C2C(=O)CC(=Cc3cc(-c4ccc(F)cc4)ccn3)C2=O)c(C)c1. The fourth-order valence-corrected chi connectivity index (χ4v) is 4.30. The highest BCUT2D eigenvalue weighted by molar-refractivity contribution is 6.24. The number of halogens is 1. The van der Waals surface area contributed by atoms with Gasteiger partial charge in [0.2, 0.25) is 0 Å². The van der Waals surface area contributed by atoms with Gasteiger partial charge in [0.25, 0.3) is 0 Å². The zero-order chi connectivity index (χ0) is 21.4. The number of aryl methyl sites for hydroxylation is 3. The van der Waals surface area contributed by atoms with Crippen LogP contribution in [0.25, 0.3) is 17.2 Å². The first-order valence-electron chi connectivity index (χ1n) is 9.90. The van der Waals surface area contributed by atoms with E-state index < -0.39 is 5.92 Å². The number of ketones is 2. The Morgan fingerprint density at radius 1 is 0.933 bits per heavy atom. The number of carbonyl (C=O) groups excluding carboxylic acids is 2. The second-order valence-corrected chi connectivity index (χ2v) is 7.90. The van der Waals surface area contributed by atoms with Gasteiger partial charge in [0, 0.05) is 18.2 Å². The first-order chi connectivity index (χ1) is 14.3. The third kappa shape index (κ3) is 3.73. The molecule has 30 heavy (non-hydrogen) atoms. The van der Waals surface area contributed by atoms with Gasteiger partial charge in [0.15, 0.2) is 11.6 Å². The molecule has 0 saturated heterocycles. The number of carbonyl (C=O) groups is 2. The van der Waals surface area contributed by atoms with Gasteiger partial charge in [-0.1, -0.05) is 29.8 Å². The van der Waals surface area contributed by atoms with Gasteiger partial charge in [-0.05, 0) is 78.9 Å². The third-order valence-electron chi connectivity index (χ3n) is 5.57. The van der Waals surface area contributed by atoms with Crippen molar-refractivity contribution in [2.24, 2.45) is 0 Å². The van der Waals surface area contributed by atoms with E-state index in [1.807, 2.05) is 45.0 Å². The molecular formula is C26H22FNO2. The summed E-state index contributed by atoms with van der Waals surface area (Å²) in [5.74, 6) is -1.25. The van der Waals surface area contributed by atoms with Crippen LogP contribution in [0.5, 0.6) is 0 Å². The molecule has 0 spiro atoms. The summed E-state index contributed by atoms with van der Waals surface area (Å²) in [6.07, 6.45) is 3.46. The summed E-state index contributed by atoms with van der Waals surface area (Å²) < 4.78 is 13.2. The first kappa shape index (κ1) is 19.9. The van der Waals surface area contributed by atoms with Crippen LogP contribution in [0.3, 0.4) is 0 Å². The maximum Gasteiger partial charge on any atom is 0.174 e. The lowest BCUT2D eigenvalue weighted by atomic mass is 9.87. The number of allylic oxidation sites excluding steroid dienone is 1. The molecule has 1 atom stereocenters. The fourth-order valence-electron chi connectivity index (χ4n) is 4.30. The number of Topliss-reactive ketones (excluding diaryl/α,β-unsaturated/α-hetero) is 2. The molecule has 1 fully saturated rings. The smallest absolute Gasteiger partial charge is 0.174 e. The molecular weight excluding hydrogens is 377 g/mol. The molecule has 1 aliphatic carbocycles. The van der Waals surface area contributed by atoms with Gasteiger partial charge in [0.1, 0.15) is 11.7 Å². The van der Waals surface area contributed by atoms with Crippen molar-refractivity contribution in [3.05, 3.63) is 94.1 Å². The van der Waals surface area contributed by atoms with Crippen LogP contribution in [0.1, 0.15) is 40.3 Å². The Morgan fingerprint density at radius 3 is 2.27 bits per heavy atom. The lowest BCUT2D eigenvalue weighted by Gasteiger charge is -2.15. The van der Waals surface area contributed by atoms with Crippen LogP contribution in [-0.2, 0) is 9.59 Å². The molecule has 3 nitrogen and oxygen atoms in total. The topological polar surface area (TPSA) is 47.0 Å². The first-order valence-corrected chi connectivity index (χ1v) is 9.90. The van der Waals surface area contributed by atoms with Crippen LogP contribution >= 0.6 is 0 Å². The molecule has 4 rings (SSSR count).